The van der Waals surface area contributed by atoms with Crippen LogP contribution in [-0.4, -0.2) is 28.3 Å². The minimum atomic E-state index is -0.183. The number of aromatic nitrogens is 2. The van der Waals surface area contributed by atoms with Gasteiger partial charge in [0.25, 0.3) is 5.56 Å². The normalized spacial score (nSPS) is 21.9. The van der Waals surface area contributed by atoms with Crippen molar-refractivity contribution in [3.8, 4) is 0 Å². The number of nitrogens with zero attached hydrogens (tertiary/aromatic N) is 1. The number of fused-ring (bicyclic) bond motifs is 3. The molecule has 1 N–H and O–H groups in total. The molecule has 2 aliphatic carbocycles. The van der Waals surface area contributed by atoms with Crippen LogP contribution in [-0.2, 0) is 28.1 Å². The monoisotopic (exact) mass is 364 g/mol. The third kappa shape index (κ3) is 3.24. The van der Waals surface area contributed by atoms with Crippen LogP contribution in [0, 0.1) is 11.8 Å². The zero-order chi connectivity index (χ0) is 16.7. The van der Waals surface area contributed by atoms with E-state index in [0.29, 0.717) is 35.8 Å². The molecule has 2 aromatic heterocycles. The minimum Gasteiger partial charge on any atom is -0.465 e. The number of ether oxygens (including phenoxy) is 1. The van der Waals surface area contributed by atoms with Crippen LogP contribution in [0.1, 0.15) is 36.0 Å². The number of thioether (sulfide) groups is 1. The van der Waals surface area contributed by atoms with Gasteiger partial charge in [-0.1, -0.05) is 6.92 Å². The van der Waals surface area contributed by atoms with Gasteiger partial charge in [-0.25, -0.2) is 4.98 Å². The second-order valence-electron chi connectivity index (χ2n) is 6.70. The molecule has 2 atom stereocenters. The van der Waals surface area contributed by atoms with E-state index in [1.165, 1.54) is 22.2 Å². The van der Waals surface area contributed by atoms with Gasteiger partial charge in [-0.05, 0) is 43.1 Å². The summed E-state index contributed by atoms with van der Waals surface area (Å²) in [7, 11) is 0. The molecule has 0 amide bonds. The molecule has 0 aromatic carbocycles. The summed E-state index contributed by atoms with van der Waals surface area (Å²) in [6.07, 6.45) is 4.34. The molecule has 4 rings (SSSR count). The molecule has 1 saturated carbocycles. The first-order valence-corrected chi connectivity index (χ1v) is 10.4. The van der Waals surface area contributed by atoms with Crippen LogP contribution >= 0.6 is 23.1 Å². The summed E-state index contributed by atoms with van der Waals surface area (Å²) in [5.74, 6) is 2.52. The highest BCUT2D eigenvalue weighted by Crippen LogP contribution is 2.37. The van der Waals surface area contributed by atoms with E-state index in [0.717, 1.165) is 35.9 Å². The zero-order valence-electron chi connectivity index (χ0n) is 13.6. The average Bonchev–Trinajstić information content (AvgIpc) is 2.92. The summed E-state index contributed by atoms with van der Waals surface area (Å²) in [6, 6.07) is 0. The Morgan fingerprint density at radius 2 is 2.29 bits per heavy atom. The van der Waals surface area contributed by atoms with Crippen molar-refractivity contribution in [3.05, 3.63) is 26.6 Å². The standard InChI is InChI=1S/C17H20N2O3S2/c1-9-5-10(9)6-22-14(20)8-23-7-13-18-16(21)15-11-3-2-4-12(11)24-17(15)19-13/h9-10H,2-8H2,1H3,(H,18,19,21)/t9-,10+/m1/s1. The zero-order valence-corrected chi connectivity index (χ0v) is 15.2. The first-order chi connectivity index (χ1) is 11.6. The SMILES string of the molecule is C[C@@H]1C[C@H]1COC(=O)CSCc1nc2sc3c(c2c(=O)[nH]1)CCC3. The summed E-state index contributed by atoms with van der Waals surface area (Å²) in [4.78, 5) is 33.7. The van der Waals surface area contributed by atoms with Gasteiger partial charge in [-0.2, -0.15) is 0 Å². The Kier molecular flexibility index (Phi) is 4.39. The number of carbonyl (C=O) groups is 1. The Hall–Kier alpha value is -1.34. The second-order valence-corrected chi connectivity index (χ2v) is 8.77. The van der Waals surface area contributed by atoms with Gasteiger partial charge in [0.1, 0.15) is 10.7 Å². The smallest absolute Gasteiger partial charge is 0.315 e. The van der Waals surface area contributed by atoms with Crippen molar-refractivity contribution in [2.24, 2.45) is 11.8 Å². The Morgan fingerprint density at radius 1 is 1.46 bits per heavy atom. The lowest BCUT2D eigenvalue weighted by Crippen LogP contribution is -2.13. The molecule has 0 unspecified atom stereocenters. The van der Waals surface area contributed by atoms with Gasteiger partial charge in [0.15, 0.2) is 0 Å². The number of thiophene rings is 1. The van der Waals surface area contributed by atoms with E-state index >= 15 is 0 Å². The molecule has 0 aliphatic heterocycles. The third-order valence-electron chi connectivity index (χ3n) is 4.82. The number of aromatic amines is 1. The Balaban J connectivity index is 1.35. The third-order valence-corrected chi connectivity index (χ3v) is 6.92. The van der Waals surface area contributed by atoms with E-state index in [4.69, 9.17) is 4.74 Å². The molecule has 0 radical (unpaired) electrons. The largest absolute Gasteiger partial charge is 0.465 e. The highest BCUT2D eigenvalue weighted by atomic mass is 32.2. The molecular weight excluding hydrogens is 344 g/mol. The molecule has 0 bridgehead atoms. The van der Waals surface area contributed by atoms with Crippen LogP contribution in [0.2, 0.25) is 0 Å². The van der Waals surface area contributed by atoms with E-state index in [2.05, 4.69) is 16.9 Å². The molecule has 0 saturated heterocycles. The van der Waals surface area contributed by atoms with Gasteiger partial charge in [0, 0.05) is 4.88 Å². The number of esters is 1. The predicted octanol–water partition coefficient (Wildman–Crippen LogP) is 2.91. The van der Waals surface area contributed by atoms with E-state index in [9.17, 15) is 9.59 Å². The van der Waals surface area contributed by atoms with E-state index in [1.54, 1.807) is 11.3 Å². The number of carbonyl (C=O) groups excluding carboxylic acids is 1. The second kappa shape index (κ2) is 6.52. The highest BCUT2D eigenvalue weighted by molar-refractivity contribution is 7.99. The molecule has 24 heavy (non-hydrogen) atoms. The van der Waals surface area contributed by atoms with E-state index in [1.807, 2.05) is 0 Å². The lowest BCUT2D eigenvalue weighted by Gasteiger charge is -2.04. The van der Waals surface area contributed by atoms with Gasteiger partial charge in [0.05, 0.1) is 23.5 Å². The van der Waals surface area contributed by atoms with Crippen LogP contribution in [0.15, 0.2) is 4.79 Å². The van der Waals surface area contributed by atoms with Gasteiger partial charge in [0.2, 0.25) is 0 Å². The number of H-pyrrole nitrogens is 1. The van der Waals surface area contributed by atoms with Crippen LogP contribution < -0.4 is 5.56 Å². The lowest BCUT2D eigenvalue weighted by molar-refractivity contribution is -0.140. The minimum absolute atomic E-state index is 0.0414. The number of aryl methyl sites for hydroxylation is 2. The van der Waals surface area contributed by atoms with Crippen molar-refractivity contribution >= 4 is 39.3 Å². The first-order valence-electron chi connectivity index (χ1n) is 8.38. The summed E-state index contributed by atoms with van der Waals surface area (Å²) in [5.41, 5.74) is 1.15. The Labute approximate surface area is 148 Å². The average molecular weight is 364 g/mol. The van der Waals surface area contributed by atoms with Gasteiger partial charge >= 0.3 is 5.97 Å². The quantitative estimate of drug-likeness (QED) is 0.798. The fourth-order valence-electron chi connectivity index (χ4n) is 3.22. The number of rotatable bonds is 6. The molecule has 2 aliphatic rings. The Morgan fingerprint density at radius 3 is 3.08 bits per heavy atom. The molecule has 1 fully saturated rings. The van der Waals surface area contributed by atoms with E-state index in [-0.39, 0.29) is 11.5 Å². The maximum absolute atomic E-state index is 12.3. The molecular formula is C17H20N2O3S2. The number of nitrogens with one attached hydrogen (secondary N) is 1. The molecule has 0 spiro atoms. The van der Waals surface area contributed by atoms with Crippen molar-refractivity contribution in [2.45, 2.75) is 38.4 Å². The van der Waals surface area contributed by atoms with Crippen LogP contribution in [0.3, 0.4) is 0 Å². The van der Waals surface area contributed by atoms with Crippen LogP contribution in [0.25, 0.3) is 10.2 Å². The maximum Gasteiger partial charge on any atom is 0.315 e. The van der Waals surface area contributed by atoms with E-state index < -0.39 is 0 Å². The maximum atomic E-state index is 12.3. The highest BCUT2D eigenvalue weighted by Gasteiger charge is 2.33. The number of hydrogen-bond acceptors (Lipinski definition) is 6. The molecule has 128 valence electrons. The first kappa shape index (κ1) is 16.1. The van der Waals surface area contributed by atoms with Crippen molar-refractivity contribution in [1.82, 2.24) is 9.97 Å². The lowest BCUT2D eigenvalue weighted by atomic mass is 10.2. The summed E-state index contributed by atoms with van der Waals surface area (Å²) < 4.78 is 5.26. The van der Waals surface area contributed by atoms with Crippen LogP contribution in [0.4, 0.5) is 0 Å². The van der Waals surface area contributed by atoms with Crippen molar-refractivity contribution in [1.29, 1.82) is 0 Å². The van der Waals surface area contributed by atoms with Crippen molar-refractivity contribution < 1.29 is 9.53 Å². The number of hydrogen-bond donors (Lipinski definition) is 1. The van der Waals surface area contributed by atoms with Crippen molar-refractivity contribution in [3.63, 3.8) is 0 Å². The summed E-state index contributed by atoms with van der Waals surface area (Å²) in [5, 5.41) is 0.777. The predicted molar refractivity (Wildman–Crippen MR) is 96.7 cm³/mol. The fraction of sp³-hybridized carbons (Fsp3) is 0.588. The topological polar surface area (TPSA) is 72.0 Å². The molecule has 2 heterocycles. The van der Waals surface area contributed by atoms with Gasteiger partial charge in [-0.15, -0.1) is 23.1 Å². The molecule has 5 nitrogen and oxygen atoms in total. The summed E-state index contributed by atoms with van der Waals surface area (Å²) >= 11 is 3.07. The summed E-state index contributed by atoms with van der Waals surface area (Å²) in [6.45, 7) is 2.72. The van der Waals surface area contributed by atoms with Crippen molar-refractivity contribution in [2.75, 3.05) is 12.4 Å². The van der Waals surface area contributed by atoms with Crippen LogP contribution in [0.5, 0.6) is 0 Å². The molecule has 2 aromatic rings. The molecule has 7 heteroatoms. The fourth-order valence-corrected chi connectivity index (χ4v) is 5.18. The van der Waals surface area contributed by atoms with Gasteiger partial charge < -0.3 is 9.72 Å². The Bertz CT molecular complexity index is 842. The van der Waals surface area contributed by atoms with Gasteiger partial charge in [-0.3, -0.25) is 9.59 Å².